The van der Waals surface area contributed by atoms with Gasteiger partial charge in [-0.3, -0.25) is 4.79 Å². The highest BCUT2D eigenvalue weighted by atomic mass is 16.4. The van der Waals surface area contributed by atoms with Gasteiger partial charge in [0.1, 0.15) is 0 Å². The second-order valence-electron chi connectivity index (χ2n) is 15.1. The minimum atomic E-state index is -0.681. The SMILES string of the molecule is CC1(C)C(O)CC[C@]2(C)[C@H]3C(O)C=C4[C@@H]5C[C@@](C)(C(=O)O)CC[C@]5(C)CC[C@@]4(C)[C@]3(C)CC[C@@H]12. The van der Waals surface area contributed by atoms with Crippen LogP contribution in [0.15, 0.2) is 11.6 Å². The van der Waals surface area contributed by atoms with Crippen molar-refractivity contribution in [2.75, 3.05) is 0 Å². The molecule has 0 saturated heterocycles. The van der Waals surface area contributed by atoms with Crippen LogP contribution in [0.4, 0.5) is 0 Å². The fraction of sp³-hybridized carbons (Fsp3) is 0.900. The topological polar surface area (TPSA) is 77.8 Å². The van der Waals surface area contributed by atoms with Crippen molar-refractivity contribution < 1.29 is 20.1 Å². The summed E-state index contributed by atoms with van der Waals surface area (Å²) < 4.78 is 0. The molecule has 5 rings (SSSR count). The molecule has 0 aromatic carbocycles. The van der Waals surface area contributed by atoms with E-state index in [1.165, 1.54) is 5.57 Å². The summed E-state index contributed by atoms with van der Waals surface area (Å²) in [4.78, 5) is 12.2. The van der Waals surface area contributed by atoms with E-state index in [1.807, 2.05) is 6.92 Å². The Kier molecular flexibility index (Phi) is 5.20. The molecule has 2 unspecified atom stereocenters. The van der Waals surface area contributed by atoms with Gasteiger partial charge in [-0.1, -0.05) is 53.2 Å². The molecular weight excluding hydrogens is 424 g/mol. The first-order valence-electron chi connectivity index (χ1n) is 13.9. The lowest BCUT2D eigenvalue weighted by molar-refractivity contribution is -0.224. The first-order valence-corrected chi connectivity index (χ1v) is 13.9. The third-order valence-corrected chi connectivity index (χ3v) is 13.3. The molecule has 0 aromatic heterocycles. The molecule has 4 nitrogen and oxygen atoms in total. The van der Waals surface area contributed by atoms with Crippen LogP contribution in [-0.2, 0) is 4.79 Å². The van der Waals surface area contributed by atoms with Crippen molar-refractivity contribution in [3.05, 3.63) is 11.6 Å². The molecule has 0 bridgehead atoms. The van der Waals surface area contributed by atoms with E-state index in [0.717, 1.165) is 51.4 Å². The van der Waals surface area contributed by atoms with E-state index in [9.17, 15) is 20.1 Å². The zero-order valence-electron chi connectivity index (χ0n) is 22.6. The normalized spacial score (nSPS) is 56.3. The maximum Gasteiger partial charge on any atom is 0.309 e. The number of hydrogen-bond donors (Lipinski definition) is 3. The highest BCUT2D eigenvalue weighted by Gasteiger charge is 2.70. The predicted molar refractivity (Wildman–Crippen MR) is 134 cm³/mol. The fourth-order valence-corrected chi connectivity index (χ4v) is 10.6. The van der Waals surface area contributed by atoms with Crippen molar-refractivity contribution in [1.29, 1.82) is 0 Å². The molecule has 4 saturated carbocycles. The predicted octanol–water partition coefficient (Wildman–Crippen LogP) is 6.20. The molecule has 3 N–H and O–H groups in total. The average Bonchev–Trinajstić information content (AvgIpc) is 2.73. The number of carbonyl (C=O) groups is 1. The van der Waals surface area contributed by atoms with Gasteiger partial charge in [0.2, 0.25) is 0 Å². The summed E-state index contributed by atoms with van der Waals surface area (Å²) in [6, 6.07) is 0. The minimum Gasteiger partial charge on any atom is -0.481 e. The molecule has 192 valence electrons. The number of aliphatic hydroxyl groups is 2. The number of aliphatic carboxylic acids is 1. The van der Waals surface area contributed by atoms with E-state index in [2.05, 4.69) is 47.6 Å². The number of rotatable bonds is 1. The van der Waals surface area contributed by atoms with E-state index < -0.39 is 17.5 Å². The van der Waals surface area contributed by atoms with Gasteiger partial charge in [-0.25, -0.2) is 0 Å². The maximum atomic E-state index is 12.2. The Morgan fingerprint density at radius 2 is 1.53 bits per heavy atom. The van der Waals surface area contributed by atoms with Gasteiger partial charge in [0.15, 0.2) is 0 Å². The highest BCUT2D eigenvalue weighted by Crippen LogP contribution is 2.75. The highest BCUT2D eigenvalue weighted by molar-refractivity contribution is 5.74. The molecule has 5 aliphatic rings. The molecule has 34 heavy (non-hydrogen) atoms. The molecule has 0 radical (unpaired) electrons. The fourth-order valence-electron chi connectivity index (χ4n) is 10.6. The molecule has 0 spiro atoms. The van der Waals surface area contributed by atoms with E-state index in [-0.39, 0.29) is 45.0 Å². The van der Waals surface area contributed by atoms with Crippen LogP contribution in [0.25, 0.3) is 0 Å². The number of carboxylic acid groups (broad SMARTS) is 1. The zero-order chi connectivity index (χ0) is 25.1. The van der Waals surface area contributed by atoms with Gasteiger partial charge in [0, 0.05) is 5.92 Å². The minimum absolute atomic E-state index is 0.0108. The van der Waals surface area contributed by atoms with Crippen molar-refractivity contribution >= 4 is 5.97 Å². The smallest absolute Gasteiger partial charge is 0.309 e. The average molecular weight is 473 g/mol. The second-order valence-corrected chi connectivity index (χ2v) is 15.1. The van der Waals surface area contributed by atoms with Gasteiger partial charge in [0.05, 0.1) is 17.6 Å². The van der Waals surface area contributed by atoms with Gasteiger partial charge in [-0.2, -0.15) is 0 Å². The molecule has 0 aliphatic heterocycles. The largest absolute Gasteiger partial charge is 0.481 e. The molecule has 10 atom stereocenters. The summed E-state index contributed by atoms with van der Waals surface area (Å²) in [6.07, 6.45) is 10.0. The number of fused-ring (bicyclic) bond motifs is 7. The van der Waals surface area contributed by atoms with Crippen molar-refractivity contribution in [1.82, 2.24) is 0 Å². The van der Waals surface area contributed by atoms with Gasteiger partial charge in [-0.05, 0) is 104 Å². The number of aliphatic hydroxyl groups excluding tert-OH is 2. The Balaban J connectivity index is 1.61. The number of hydrogen-bond acceptors (Lipinski definition) is 3. The second kappa shape index (κ2) is 7.12. The summed E-state index contributed by atoms with van der Waals surface area (Å²) in [5.41, 5.74) is 0.613. The van der Waals surface area contributed by atoms with E-state index in [1.54, 1.807) is 0 Å². The van der Waals surface area contributed by atoms with Crippen molar-refractivity contribution in [3.63, 3.8) is 0 Å². The van der Waals surface area contributed by atoms with Crippen molar-refractivity contribution in [2.45, 2.75) is 118 Å². The Morgan fingerprint density at radius 3 is 2.18 bits per heavy atom. The quantitative estimate of drug-likeness (QED) is 0.397. The van der Waals surface area contributed by atoms with E-state index in [0.29, 0.717) is 12.3 Å². The van der Waals surface area contributed by atoms with Gasteiger partial charge in [0.25, 0.3) is 0 Å². The molecule has 5 aliphatic carbocycles. The molecule has 0 aromatic rings. The van der Waals surface area contributed by atoms with Gasteiger partial charge >= 0.3 is 5.97 Å². The zero-order valence-corrected chi connectivity index (χ0v) is 22.6. The Morgan fingerprint density at radius 1 is 0.882 bits per heavy atom. The Bertz CT molecular complexity index is 923. The molecule has 4 fully saturated rings. The van der Waals surface area contributed by atoms with Crippen LogP contribution in [0.1, 0.15) is 106 Å². The van der Waals surface area contributed by atoms with Crippen LogP contribution in [0, 0.1) is 50.2 Å². The first kappa shape index (κ1) is 24.8. The van der Waals surface area contributed by atoms with Gasteiger partial charge in [-0.15, -0.1) is 0 Å². The summed E-state index contributed by atoms with van der Waals surface area (Å²) in [7, 11) is 0. The van der Waals surface area contributed by atoms with Crippen LogP contribution in [0.2, 0.25) is 0 Å². The molecule has 4 heteroatoms. The standard InChI is InChI=1S/C30H48O4/c1-25(2)21-8-11-30(7)23(28(21,5)10-9-22(25)32)20(31)16-18-19-17-27(4,24(33)34)13-12-26(19,3)14-15-29(18,30)6/h16,19-23,31-32H,8-15,17H2,1-7H3,(H,33,34)/t19-,20?,21-,22?,23+,26+,27-,28-,29+,30+/m0/s1. The van der Waals surface area contributed by atoms with Crippen molar-refractivity contribution in [2.24, 2.45) is 50.2 Å². The number of allylic oxidation sites excluding steroid dienone is 1. The monoisotopic (exact) mass is 472 g/mol. The van der Waals surface area contributed by atoms with Crippen LogP contribution in [0.3, 0.4) is 0 Å². The van der Waals surface area contributed by atoms with Crippen LogP contribution in [0.5, 0.6) is 0 Å². The third-order valence-electron chi connectivity index (χ3n) is 13.3. The lowest BCUT2D eigenvalue weighted by Crippen LogP contribution is -2.67. The molecular formula is C30H48O4. The Hall–Kier alpha value is -0.870. The third kappa shape index (κ3) is 2.88. The number of carboxylic acids is 1. The molecule has 0 amide bonds. The van der Waals surface area contributed by atoms with Crippen LogP contribution in [-0.4, -0.2) is 33.5 Å². The van der Waals surface area contributed by atoms with Crippen molar-refractivity contribution in [3.8, 4) is 0 Å². The summed E-state index contributed by atoms with van der Waals surface area (Å²) in [5, 5.41) is 32.9. The van der Waals surface area contributed by atoms with Crippen LogP contribution >= 0.6 is 0 Å². The summed E-state index contributed by atoms with van der Waals surface area (Å²) >= 11 is 0. The van der Waals surface area contributed by atoms with E-state index in [4.69, 9.17) is 0 Å². The summed E-state index contributed by atoms with van der Waals surface area (Å²) in [5.74, 6) is 0.120. The van der Waals surface area contributed by atoms with Gasteiger partial charge < -0.3 is 15.3 Å². The first-order chi connectivity index (χ1) is 15.6. The molecule has 0 heterocycles. The van der Waals surface area contributed by atoms with Crippen LogP contribution < -0.4 is 0 Å². The van der Waals surface area contributed by atoms with E-state index >= 15 is 0 Å². The maximum absolute atomic E-state index is 12.2. The summed E-state index contributed by atoms with van der Waals surface area (Å²) in [6.45, 7) is 16.1. The Labute approximate surface area is 206 Å². The lowest BCUT2D eigenvalue weighted by atomic mass is 9.33. The lowest BCUT2D eigenvalue weighted by Gasteiger charge is -2.72.